The van der Waals surface area contributed by atoms with E-state index in [4.69, 9.17) is 5.26 Å². The van der Waals surface area contributed by atoms with E-state index in [2.05, 4.69) is 14.7 Å². The zero-order valence-corrected chi connectivity index (χ0v) is 10.5. The lowest BCUT2D eigenvalue weighted by Crippen LogP contribution is -2.02. The second-order valence-electron chi connectivity index (χ2n) is 3.85. The molecule has 2 N–H and O–H groups in total. The molecule has 0 aliphatic heterocycles. The van der Waals surface area contributed by atoms with Gasteiger partial charge in [0.05, 0.1) is 5.52 Å². The van der Waals surface area contributed by atoms with Crippen LogP contribution < -0.4 is 10.9 Å². The molecule has 0 saturated heterocycles. The normalized spacial score (nSPS) is 10.3. The van der Waals surface area contributed by atoms with Gasteiger partial charge in [-0.2, -0.15) is 5.26 Å². The molecular formula is C13H8N4OS. The molecule has 3 rings (SSSR count). The first-order chi connectivity index (χ1) is 9.29. The van der Waals surface area contributed by atoms with E-state index in [1.54, 1.807) is 6.20 Å². The van der Waals surface area contributed by atoms with E-state index in [1.807, 2.05) is 36.4 Å². The number of pyridine rings is 1. The van der Waals surface area contributed by atoms with Crippen LogP contribution in [0.3, 0.4) is 0 Å². The summed E-state index contributed by atoms with van der Waals surface area (Å²) in [6, 6.07) is 11.3. The first-order valence-electron chi connectivity index (χ1n) is 5.52. The lowest BCUT2D eigenvalue weighted by atomic mass is 10.2. The minimum atomic E-state index is -0.367. The summed E-state index contributed by atoms with van der Waals surface area (Å²) < 4.78 is 2.54. The molecule has 0 aliphatic carbocycles. The van der Waals surface area contributed by atoms with Gasteiger partial charge in [-0.15, -0.1) is 0 Å². The monoisotopic (exact) mass is 268 g/mol. The second-order valence-corrected chi connectivity index (χ2v) is 4.67. The van der Waals surface area contributed by atoms with Gasteiger partial charge in [-0.3, -0.25) is 14.2 Å². The number of nitriles is 1. The molecule has 0 amide bonds. The van der Waals surface area contributed by atoms with Crippen molar-refractivity contribution in [3.63, 3.8) is 0 Å². The molecule has 0 bridgehead atoms. The maximum atomic E-state index is 11.4. The van der Waals surface area contributed by atoms with Crippen LogP contribution in [0.25, 0.3) is 10.9 Å². The summed E-state index contributed by atoms with van der Waals surface area (Å²) in [6.07, 6.45) is 1.72. The Labute approximate surface area is 112 Å². The molecule has 0 radical (unpaired) electrons. The van der Waals surface area contributed by atoms with Crippen molar-refractivity contribution in [3.05, 3.63) is 52.4 Å². The number of aromatic nitrogens is 2. The van der Waals surface area contributed by atoms with E-state index in [-0.39, 0.29) is 11.1 Å². The molecule has 0 atom stereocenters. The van der Waals surface area contributed by atoms with Crippen molar-refractivity contribution >= 4 is 33.1 Å². The van der Waals surface area contributed by atoms with Crippen molar-refractivity contribution in [2.45, 2.75) is 0 Å². The predicted molar refractivity (Wildman–Crippen MR) is 74.7 cm³/mol. The fourth-order valence-corrected chi connectivity index (χ4v) is 2.52. The van der Waals surface area contributed by atoms with Crippen molar-refractivity contribution < 1.29 is 0 Å². The van der Waals surface area contributed by atoms with Crippen LogP contribution in [-0.4, -0.2) is 9.36 Å². The minimum Gasteiger partial charge on any atom is -0.344 e. The van der Waals surface area contributed by atoms with E-state index in [9.17, 15) is 4.79 Å². The molecule has 0 aliphatic rings. The summed E-state index contributed by atoms with van der Waals surface area (Å²) in [5.41, 5.74) is 1.41. The number of fused-ring (bicyclic) bond motifs is 1. The lowest BCUT2D eigenvalue weighted by molar-refractivity contribution is 1.38. The standard InChI is InChI=1S/C13H8N4OS/c14-7-9-12(18)17-19-13(9)16-11-5-1-4-10-8(11)3-2-6-15-10/h1-6,16H,(H,17,18). The summed E-state index contributed by atoms with van der Waals surface area (Å²) in [6.45, 7) is 0. The summed E-state index contributed by atoms with van der Waals surface area (Å²) in [5, 5.41) is 13.5. The van der Waals surface area contributed by atoms with Crippen LogP contribution in [0.4, 0.5) is 10.7 Å². The van der Waals surface area contributed by atoms with Gasteiger partial charge in [0, 0.05) is 17.3 Å². The van der Waals surface area contributed by atoms with Gasteiger partial charge in [0.25, 0.3) is 5.56 Å². The Hall–Kier alpha value is -2.65. The van der Waals surface area contributed by atoms with Gasteiger partial charge in [0.2, 0.25) is 0 Å². The van der Waals surface area contributed by atoms with E-state index in [0.29, 0.717) is 5.00 Å². The van der Waals surface area contributed by atoms with E-state index in [1.165, 1.54) is 0 Å². The molecule has 3 aromatic rings. The van der Waals surface area contributed by atoms with Gasteiger partial charge in [-0.1, -0.05) is 6.07 Å². The minimum absolute atomic E-state index is 0.103. The zero-order valence-electron chi connectivity index (χ0n) is 9.68. The summed E-state index contributed by atoms with van der Waals surface area (Å²) >= 11 is 1.11. The predicted octanol–water partition coefficient (Wildman–Crippen LogP) is 2.60. The average molecular weight is 268 g/mol. The van der Waals surface area contributed by atoms with E-state index >= 15 is 0 Å². The highest BCUT2D eigenvalue weighted by Gasteiger charge is 2.11. The Morgan fingerprint density at radius 2 is 2.21 bits per heavy atom. The maximum Gasteiger partial charge on any atom is 0.278 e. The summed E-state index contributed by atoms with van der Waals surface area (Å²) in [5.74, 6) is 0. The van der Waals surface area contributed by atoms with Gasteiger partial charge < -0.3 is 5.32 Å². The van der Waals surface area contributed by atoms with Crippen LogP contribution in [-0.2, 0) is 0 Å². The summed E-state index contributed by atoms with van der Waals surface area (Å²) in [4.78, 5) is 15.7. The van der Waals surface area contributed by atoms with Crippen molar-refractivity contribution in [1.29, 1.82) is 5.26 Å². The van der Waals surface area contributed by atoms with E-state index in [0.717, 1.165) is 28.1 Å². The Kier molecular flexibility index (Phi) is 2.74. The average Bonchev–Trinajstić information content (AvgIpc) is 2.79. The van der Waals surface area contributed by atoms with Crippen LogP contribution >= 0.6 is 11.5 Å². The molecule has 0 saturated carbocycles. The first-order valence-corrected chi connectivity index (χ1v) is 6.33. The number of anilines is 2. The third-order valence-electron chi connectivity index (χ3n) is 2.71. The van der Waals surface area contributed by atoms with Crippen molar-refractivity contribution in [2.75, 3.05) is 5.32 Å². The number of hydrogen-bond donors (Lipinski definition) is 2. The van der Waals surface area contributed by atoms with E-state index < -0.39 is 0 Å². The largest absolute Gasteiger partial charge is 0.344 e. The number of benzene rings is 1. The topological polar surface area (TPSA) is 81.6 Å². The summed E-state index contributed by atoms with van der Waals surface area (Å²) in [7, 11) is 0. The number of nitrogens with zero attached hydrogens (tertiary/aromatic N) is 2. The quantitative estimate of drug-likeness (QED) is 0.748. The molecule has 2 aromatic heterocycles. The molecule has 92 valence electrons. The fraction of sp³-hybridized carbons (Fsp3) is 0. The van der Waals surface area contributed by atoms with Crippen LogP contribution in [0, 0.1) is 11.3 Å². The van der Waals surface area contributed by atoms with Gasteiger partial charge in [-0.05, 0) is 35.8 Å². The van der Waals surface area contributed by atoms with Crippen LogP contribution in [0.1, 0.15) is 5.56 Å². The highest BCUT2D eigenvalue weighted by molar-refractivity contribution is 7.10. The Morgan fingerprint density at radius 3 is 3.05 bits per heavy atom. The Balaban J connectivity index is 2.11. The lowest BCUT2D eigenvalue weighted by Gasteiger charge is -2.07. The SMILES string of the molecule is N#Cc1c(Nc2cccc3ncccc23)s[nH]c1=O. The molecule has 0 spiro atoms. The molecule has 2 heterocycles. The maximum absolute atomic E-state index is 11.4. The van der Waals surface area contributed by atoms with Gasteiger partial charge >= 0.3 is 0 Å². The molecular weight excluding hydrogens is 260 g/mol. The number of aromatic amines is 1. The molecule has 1 aromatic carbocycles. The zero-order chi connectivity index (χ0) is 13.2. The highest BCUT2D eigenvalue weighted by atomic mass is 32.1. The van der Waals surface area contributed by atoms with Gasteiger partial charge in [-0.25, -0.2) is 0 Å². The smallest absolute Gasteiger partial charge is 0.278 e. The fourth-order valence-electron chi connectivity index (χ4n) is 1.83. The van der Waals surface area contributed by atoms with Crippen molar-refractivity contribution in [1.82, 2.24) is 9.36 Å². The number of rotatable bonds is 2. The number of hydrogen-bond acceptors (Lipinski definition) is 5. The van der Waals surface area contributed by atoms with Crippen molar-refractivity contribution in [3.8, 4) is 6.07 Å². The Morgan fingerprint density at radius 1 is 1.32 bits per heavy atom. The van der Waals surface area contributed by atoms with Crippen LogP contribution in [0.2, 0.25) is 0 Å². The van der Waals surface area contributed by atoms with Gasteiger partial charge in [0.15, 0.2) is 5.56 Å². The molecule has 19 heavy (non-hydrogen) atoms. The molecule has 0 fully saturated rings. The second kappa shape index (κ2) is 4.55. The van der Waals surface area contributed by atoms with Crippen molar-refractivity contribution in [2.24, 2.45) is 0 Å². The third-order valence-corrected chi connectivity index (χ3v) is 3.50. The van der Waals surface area contributed by atoms with Gasteiger partial charge in [0.1, 0.15) is 11.1 Å². The Bertz CT molecular complexity index is 838. The molecule has 0 unspecified atom stereocenters. The molecule has 6 heteroatoms. The highest BCUT2D eigenvalue weighted by Crippen LogP contribution is 2.27. The first kappa shape index (κ1) is 11.4. The number of H-pyrrole nitrogens is 1. The van der Waals surface area contributed by atoms with Crippen LogP contribution in [0.15, 0.2) is 41.3 Å². The number of nitrogens with one attached hydrogen (secondary N) is 2. The third kappa shape index (κ3) is 1.96. The molecule has 5 nitrogen and oxygen atoms in total. The van der Waals surface area contributed by atoms with Crippen LogP contribution in [0.5, 0.6) is 0 Å².